The third-order valence-electron chi connectivity index (χ3n) is 0. The standard InChI is InChI=1S/2HO2P.Pb/c2*1-3-2;/h2*(H,1,2);/q;;+2. The van der Waals surface area contributed by atoms with Gasteiger partial charge in [0.05, 0.1) is 0 Å². The SMILES string of the molecule is O=PO.O=PO.[Pb+2]. The van der Waals surface area contributed by atoms with E-state index in [1.165, 1.54) is 0 Å². The molecule has 0 fully saturated rings. The van der Waals surface area contributed by atoms with Crippen molar-refractivity contribution in [1.29, 1.82) is 0 Å². The maximum atomic E-state index is 8.46. The van der Waals surface area contributed by atoms with Gasteiger partial charge in [0.1, 0.15) is 0 Å². The molecule has 0 aliphatic carbocycles. The quantitative estimate of drug-likeness (QED) is 0.482. The van der Waals surface area contributed by atoms with Crippen LogP contribution >= 0.6 is 17.4 Å². The summed E-state index contributed by atoms with van der Waals surface area (Å²) < 4.78 is 16.9. The molecule has 0 atom stereocenters. The van der Waals surface area contributed by atoms with Gasteiger partial charge in [0.25, 0.3) is 0 Å². The summed E-state index contributed by atoms with van der Waals surface area (Å²) in [4.78, 5) is 14.0. The Labute approximate surface area is 63.7 Å². The smallest absolute Gasteiger partial charge is 0.310 e. The van der Waals surface area contributed by atoms with E-state index in [9.17, 15) is 0 Å². The van der Waals surface area contributed by atoms with Crippen molar-refractivity contribution in [2.24, 2.45) is 0 Å². The van der Waals surface area contributed by atoms with E-state index in [4.69, 9.17) is 18.9 Å². The first-order valence-electron chi connectivity index (χ1n) is 0.765. The zero-order valence-electron chi connectivity index (χ0n) is 3.11. The normalized spacial score (nSPS) is 6.00. The molecule has 0 heterocycles. The maximum Gasteiger partial charge on any atom is 2.00 e. The van der Waals surface area contributed by atoms with Crippen molar-refractivity contribution < 1.29 is 18.9 Å². The van der Waals surface area contributed by atoms with Gasteiger partial charge in [0.2, 0.25) is 0 Å². The molecule has 0 amide bonds. The summed E-state index contributed by atoms with van der Waals surface area (Å²) in [5.41, 5.74) is 0. The molecule has 0 bridgehead atoms. The van der Waals surface area contributed by atoms with Gasteiger partial charge in [-0.1, -0.05) is 0 Å². The van der Waals surface area contributed by atoms with Crippen molar-refractivity contribution in [2.45, 2.75) is 0 Å². The first-order chi connectivity index (χ1) is 2.83. The average molecular weight is 335 g/mol. The van der Waals surface area contributed by atoms with E-state index in [1.54, 1.807) is 0 Å². The summed E-state index contributed by atoms with van der Waals surface area (Å²) in [6.07, 6.45) is 0. The van der Waals surface area contributed by atoms with Gasteiger partial charge in [-0.3, -0.25) is 0 Å². The van der Waals surface area contributed by atoms with E-state index in [-0.39, 0.29) is 27.3 Å². The largest absolute Gasteiger partial charge is 2.00 e. The summed E-state index contributed by atoms with van der Waals surface area (Å²) in [5, 5.41) is 0. The zero-order chi connectivity index (χ0) is 5.41. The monoisotopic (exact) mass is 336 g/mol. The molecule has 0 aliphatic heterocycles. The fourth-order valence-corrected chi connectivity index (χ4v) is 0. The van der Waals surface area contributed by atoms with E-state index in [1.807, 2.05) is 0 Å². The van der Waals surface area contributed by atoms with Gasteiger partial charge < -0.3 is 9.79 Å². The summed E-state index contributed by atoms with van der Waals surface area (Å²) in [7, 11) is -1.67. The van der Waals surface area contributed by atoms with Gasteiger partial charge >= 0.3 is 44.7 Å². The number of hydrogen-bond donors (Lipinski definition) is 2. The predicted molar refractivity (Wildman–Crippen MR) is 25.4 cm³/mol. The fraction of sp³-hybridized carbons (Fsp3) is 0. The molecule has 0 unspecified atom stereocenters. The van der Waals surface area contributed by atoms with Crippen LogP contribution in [0.25, 0.3) is 0 Å². The molecule has 0 aromatic carbocycles. The van der Waals surface area contributed by atoms with Gasteiger partial charge in [-0.2, -0.15) is 0 Å². The molecule has 2 N–H and O–H groups in total. The predicted octanol–water partition coefficient (Wildman–Crippen LogP) is -0.0100. The van der Waals surface area contributed by atoms with Crippen LogP contribution in [-0.4, -0.2) is 37.1 Å². The number of hydrogen-bond acceptors (Lipinski definition) is 2. The second-order valence-electron chi connectivity index (χ2n) is 0.163. The van der Waals surface area contributed by atoms with Crippen LogP contribution in [0.5, 0.6) is 0 Å². The number of rotatable bonds is 0. The summed E-state index contributed by atoms with van der Waals surface area (Å²) >= 11 is 0. The van der Waals surface area contributed by atoms with Crippen LogP contribution in [0.15, 0.2) is 0 Å². The summed E-state index contributed by atoms with van der Waals surface area (Å²) in [5.74, 6) is 0. The molecule has 0 spiro atoms. The van der Waals surface area contributed by atoms with E-state index in [0.29, 0.717) is 0 Å². The van der Waals surface area contributed by atoms with Crippen LogP contribution in [0, 0.1) is 0 Å². The Morgan fingerprint density at radius 1 is 1.00 bits per heavy atom. The van der Waals surface area contributed by atoms with Crippen molar-refractivity contribution in [3.05, 3.63) is 0 Å². The Hall–Kier alpha value is 1.04. The van der Waals surface area contributed by atoms with Crippen molar-refractivity contribution in [2.75, 3.05) is 0 Å². The summed E-state index contributed by atoms with van der Waals surface area (Å²) in [6, 6.07) is 0. The van der Waals surface area contributed by atoms with Crippen LogP contribution < -0.4 is 0 Å². The Kier molecular flexibility index (Phi) is 62.3. The van der Waals surface area contributed by atoms with Crippen LogP contribution in [0.2, 0.25) is 0 Å². The second-order valence-corrected chi connectivity index (χ2v) is 0.490. The molecule has 0 saturated carbocycles. The van der Waals surface area contributed by atoms with Gasteiger partial charge in [-0.05, 0) is 0 Å². The molecule has 0 rings (SSSR count). The fourth-order valence-electron chi connectivity index (χ4n) is 0. The zero-order valence-corrected chi connectivity index (χ0v) is 8.78. The third kappa shape index (κ3) is 165. The molecule has 38 valence electrons. The van der Waals surface area contributed by atoms with Crippen molar-refractivity contribution in [3.63, 3.8) is 0 Å². The van der Waals surface area contributed by atoms with Crippen molar-refractivity contribution >= 4 is 44.7 Å². The minimum Gasteiger partial charge on any atom is -0.310 e. The van der Waals surface area contributed by atoms with E-state index in [0.717, 1.165) is 0 Å². The van der Waals surface area contributed by atoms with Crippen LogP contribution in [0.1, 0.15) is 0 Å². The molecule has 2 radical (unpaired) electrons. The first-order valence-corrected chi connectivity index (χ1v) is 2.30. The summed E-state index contributed by atoms with van der Waals surface area (Å²) in [6.45, 7) is 0. The average Bonchev–Trinajstić information content (AvgIpc) is 1.39. The molecule has 7 heavy (non-hydrogen) atoms. The minimum absolute atomic E-state index is 0. The van der Waals surface area contributed by atoms with E-state index < -0.39 is 17.4 Å². The Bertz CT molecular complexity index is 30.7. The third-order valence-corrected chi connectivity index (χ3v) is 0. The molecule has 0 aliphatic rings. The molecular weight excluding hydrogens is 333 g/mol. The van der Waals surface area contributed by atoms with E-state index >= 15 is 0 Å². The molecular formula is H2O4P2Pb+2. The van der Waals surface area contributed by atoms with E-state index in [2.05, 4.69) is 0 Å². The molecule has 4 nitrogen and oxygen atoms in total. The van der Waals surface area contributed by atoms with Gasteiger partial charge in [0.15, 0.2) is 0 Å². The minimum atomic E-state index is -0.833. The molecule has 0 aromatic heterocycles. The van der Waals surface area contributed by atoms with Gasteiger partial charge in [0, 0.05) is 0 Å². The Morgan fingerprint density at radius 3 is 1.00 bits per heavy atom. The first kappa shape index (κ1) is 15.7. The Balaban J connectivity index is -0.0000000400. The van der Waals surface area contributed by atoms with Gasteiger partial charge in [-0.25, -0.2) is 9.13 Å². The van der Waals surface area contributed by atoms with Crippen LogP contribution in [0.3, 0.4) is 0 Å². The molecule has 0 aromatic rings. The van der Waals surface area contributed by atoms with Crippen molar-refractivity contribution in [1.82, 2.24) is 0 Å². The molecule has 7 heteroatoms. The second kappa shape index (κ2) is 27.8. The molecule has 0 saturated heterocycles. The Morgan fingerprint density at radius 2 is 1.00 bits per heavy atom. The maximum absolute atomic E-state index is 8.46. The van der Waals surface area contributed by atoms with Crippen LogP contribution in [-0.2, 0) is 9.13 Å². The topological polar surface area (TPSA) is 74.6 Å². The van der Waals surface area contributed by atoms with Gasteiger partial charge in [-0.15, -0.1) is 0 Å². The van der Waals surface area contributed by atoms with Crippen molar-refractivity contribution in [3.8, 4) is 0 Å². The van der Waals surface area contributed by atoms with Crippen LogP contribution in [0.4, 0.5) is 0 Å².